The summed E-state index contributed by atoms with van der Waals surface area (Å²) in [4.78, 5) is 17.9. The van der Waals surface area contributed by atoms with Crippen LogP contribution in [-0.4, -0.2) is 10.8 Å². The second-order valence-electron chi connectivity index (χ2n) is 6.58. The van der Waals surface area contributed by atoms with Gasteiger partial charge in [-0.1, -0.05) is 84.4 Å². The number of aromatic nitrogens is 1. The first kappa shape index (κ1) is 18.1. The lowest BCUT2D eigenvalue weighted by atomic mass is 9.92. The summed E-state index contributed by atoms with van der Waals surface area (Å²) in [5, 5.41) is 1.54. The van der Waals surface area contributed by atoms with Crippen molar-refractivity contribution in [2.75, 3.05) is 0 Å². The molecule has 0 aliphatic rings. The summed E-state index contributed by atoms with van der Waals surface area (Å²) in [6.07, 6.45) is 3.45. The molecule has 1 aromatic heterocycles. The Balaban J connectivity index is 1.92. The van der Waals surface area contributed by atoms with Crippen LogP contribution in [0.1, 0.15) is 21.6 Å². The van der Waals surface area contributed by atoms with Crippen molar-refractivity contribution in [2.45, 2.75) is 6.92 Å². The standard InChI is InChI=1S/C25H18ClNO/c1-17-24(23(28)15-12-18-8-4-2-5-9-18)25(19-10-6-3-7-11-19)21-14-13-20(26)16-22(21)27-17/h2-16H,1H3/b15-12+. The van der Waals surface area contributed by atoms with Gasteiger partial charge in [-0.15, -0.1) is 0 Å². The van der Waals surface area contributed by atoms with Crippen LogP contribution in [0, 0.1) is 6.92 Å². The number of rotatable bonds is 4. The molecule has 0 unspecified atom stereocenters. The van der Waals surface area contributed by atoms with Crippen molar-refractivity contribution < 1.29 is 4.79 Å². The molecule has 0 amide bonds. The van der Waals surface area contributed by atoms with Gasteiger partial charge in [-0.05, 0) is 36.3 Å². The Hall–Kier alpha value is -3.23. The quantitative estimate of drug-likeness (QED) is 0.288. The van der Waals surface area contributed by atoms with Crippen molar-refractivity contribution in [3.8, 4) is 11.1 Å². The molecule has 28 heavy (non-hydrogen) atoms. The minimum absolute atomic E-state index is 0.0652. The molecule has 0 fully saturated rings. The molecule has 4 rings (SSSR count). The van der Waals surface area contributed by atoms with Crippen LogP contribution in [-0.2, 0) is 0 Å². The maximum Gasteiger partial charge on any atom is 0.188 e. The molecule has 0 bridgehead atoms. The number of halogens is 1. The highest BCUT2D eigenvalue weighted by molar-refractivity contribution is 6.31. The van der Waals surface area contributed by atoms with Gasteiger partial charge in [-0.25, -0.2) is 0 Å². The van der Waals surface area contributed by atoms with Gasteiger partial charge in [0.25, 0.3) is 0 Å². The van der Waals surface area contributed by atoms with Gasteiger partial charge in [0.2, 0.25) is 0 Å². The Labute approximate surface area is 169 Å². The number of carbonyl (C=O) groups is 1. The maximum atomic E-state index is 13.2. The second kappa shape index (κ2) is 7.79. The molecule has 0 aliphatic heterocycles. The van der Waals surface area contributed by atoms with Crippen LogP contribution >= 0.6 is 11.6 Å². The number of carbonyl (C=O) groups excluding carboxylic acids is 1. The molecule has 0 saturated carbocycles. The minimum atomic E-state index is -0.0652. The SMILES string of the molecule is Cc1nc2cc(Cl)ccc2c(-c2ccccc2)c1C(=O)/C=C/c1ccccc1. The largest absolute Gasteiger partial charge is 0.289 e. The monoisotopic (exact) mass is 383 g/mol. The molecule has 4 aromatic rings. The summed E-state index contributed by atoms with van der Waals surface area (Å²) in [6.45, 7) is 1.87. The summed E-state index contributed by atoms with van der Waals surface area (Å²) in [5.74, 6) is -0.0652. The number of fused-ring (bicyclic) bond motifs is 1. The van der Waals surface area contributed by atoms with E-state index in [1.165, 1.54) is 0 Å². The Kier molecular flexibility index (Phi) is 5.05. The van der Waals surface area contributed by atoms with Gasteiger partial charge in [0.05, 0.1) is 11.1 Å². The van der Waals surface area contributed by atoms with Crippen molar-refractivity contribution in [3.05, 3.63) is 107 Å². The van der Waals surface area contributed by atoms with E-state index in [0.717, 1.165) is 27.6 Å². The first-order valence-corrected chi connectivity index (χ1v) is 9.44. The van der Waals surface area contributed by atoms with Gasteiger partial charge < -0.3 is 0 Å². The van der Waals surface area contributed by atoms with Crippen LogP contribution in [0.2, 0.25) is 5.02 Å². The lowest BCUT2D eigenvalue weighted by molar-refractivity contribution is 0.104. The van der Waals surface area contributed by atoms with Crippen LogP contribution in [0.25, 0.3) is 28.1 Å². The maximum absolute atomic E-state index is 13.2. The summed E-state index contributed by atoms with van der Waals surface area (Å²) in [6, 6.07) is 25.3. The zero-order valence-corrected chi connectivity index (χ0v) is 16.1. The van der Waals surface area contributed by atoms with Crippen LogP contribution in [0.15, 0.2) is 84.9 Å². The average Bonchev–Trinajstić information content (AvgIpc) is 2.72. The number of benzene rings is 3. The lowest BCUT2D eigenvalue weighted by Crippen LogP contribution is -2.05. The summed E-state index contributed by atoms with van der Waals surface area (Å²) in [5.41, 5.74) is 4.95. The van der Waals surface area contributed by atoms with Crippen LogP contribution in [0.4, 0.5) is 0 Å². The zero-order valence-electron chi connectivity index (χ0n) is 15.4. The van der Waals surface area contributed by atoms with E-state index in [9.17, 15) is 4.79 Å². The summed E-state index contributed by atoms with van der Waals surface area (Å²) in [7, 11) is 0. The third kappa shape index (κ3) is 3.60. The van der Waals surface area contributed by atoms with Crippen molar-refractivity contribution in [1.82, 2.24) is 4.98 Å². The first-order chi connectivity index (χ1) is 13.6. The molecule has 1 heterocycles. The summed E-state index contributed by atoms with van der Waals surface area (Å²) >= 11 is 6.17. The van der Waals surface area contributed by atoms with Crippen molar-refractivity contribution in [3.63, 3.8) is 0 Å². The molecule has 3 aromatic carbocycles. The molecule has 0 saturated heterocycles. The van der Waals surface area contributed by atoms with Crippen LogP contribution in [0.5, 0.6) is 0 Å². The Morgan fingerprint density at radius 2 is 1.61 bits per heavy atom. The molecule has 0 atom stereocenters. The highest BCUT2D eigenvalue weighted by atomic mass is 35.5. The number of allylic oxidation sites excluding steroid dienone is 1. The predicted octanol–water partition coefficient (Wildman–Crippen LogP) is 6.76. The lowest BCUT2D eigenvalue weighted by Gasteiger charge is -2.14. The van der Waals surface area contributed by atoms with Crippen LogP contribution in [0.3, 0.4) is 0 Å². The normalized spacial score (nSPS) is 11.2. The highest BCUT2D eigenvalue weighted by Gasteiger charge is 2.19. The summed E-state index contributed by atoms with van der Waals surface area (Å²) < 4.78 is 0. The number of nitrogens with zero attached hydrogens (tertiary/aromatic N) is 1. The molecule has 3 heteroatoms. The Bertz CT molecular complexity index is 1180. The van der Waals surface area contributed by atoms with Crippen molar-refractivity contribution >= 4 is 34.4 Å². The molecule has 0 radical (unpaired) electrons. The van der Waals surface area contributed by atoms with E-state index in [0.29, 0.717) is 16.3 Å². The van der Waals surface area contributed by atoms with Gasteiger partial charge >= 0.3 is 0 Å². The van der Waals surface area contributed by atoms with Gasteiger partial charge in [-0.3, -0.25) is 9.78 Å². The van der Waals surface area contributed by atoms with E-state index >= 15 is 0 Å². The Morgan fingerprint density at radius 1 is 0.929 bits per heavy atom. The van der Waals surface area contributed by atoms with Gasteiger partial charge in [-0.2, -0.15) is 0 Å². The number of pyridine rings is 1. The van der Waals surface area contributed by atoms with E-state index in [-0.39, 0.29) is 5.78 Å². The highest BCUT2D eigenvalue weighted by Crippen LogP contribution is 2.34. The number of hydrogen-bond donors (Lipinski definition) is 0. The van der Waals surface area contributed by atoms with Gasteiger partial charge in [0, 0.05) is 21.7 Å². The fraction of sp³-hybridized carbons (Fsp3) is 0.0400. The van der Waals surface area contributed by atoms with Crippen molar-refractivity contribution in [2.24, 2.45) is 0 Å². The fourth-order valence-electron chi connectivity index (χ4n) is 3.39. The molecular weight excluding hydrogens is 366 g/mol. The van der Waals surface area contributed by atoms with E-state index in [1.807, 2.05) is 91.9 Å². The number of aryl methyl sites for hydroxylation is 1. The predicted molar refractivity (Wildman–Crippen MR) is 117 cm³/mol. The molecule has 0 aliphatic carbocycles. The fourth-order valence-corrected chi connectivity index (χ4v) is 3.55. The Morgan fingerprint density at radius 3 is 2.32 bits per heavy atom. The molecule has 2 nitrogen and oxygen atoms in total. The first-order valence-electron chi connectivity index (χ1n) is 9.06. The van der Waals surface area contributed by atoms with E-state index in [4.69, 9.17) is 11.6 Å². The third-order valence-electron chi connectivity index (χ3n) is 4.66. The van der Waals surface area contributed by atoms with E-state index in [1.54, 1.807) is 6.08 Å². The minimum Gasteiger partial charge on any atom is -0.289 e. The third-order valence-corrected chi connectivity index (χ3v) is 4.90. The van der Waals surface area contributed by atoms with Crippen LogP contribution < -0.4 is 0 Å². The molecule has 136 valence electrons. The topological polar surface area (TPSA) is 30.0 Å². The van der Waals surface area contributed by atoms with E-state index in [2.05, 4.69) is 4.98 Å². The number of hydrogen-bond acceptors (Lipinski definition) is 2. The average molecular weight is 384 g/mol. The molecular formula is C25H18ClNO. The van der Waals surface area contributed by atoms with Gasteiger partial charge in [0.15, 0.2) is 5.78 Å². The second-order valence-corrected chi connectivity index (χ2v) is 7.02. The van der Waals surface area contributed by atoms with E-state index < -0.39 is 0 Å². The smallest absolute Gasteiger partial charge is 0.188 e. The molecule has 0 spiro atoms. The molecule has 0 N–H and O–H groups in total. The number of ketones is 1. The van der Waals surface area contributed by atoms with Gasteiger partial charge in [0.1, 0.15) is 0 Å². The zero-order chi connectivity index (χ0) is 19.5. The van der Waals surface area contributed by atoms with Crippen molar-refractivity contribution in [1.29, 1.82) is 0 Å².